The SMILES string of the molecule is Cc1nn(-c2ccccc2F)c2nc(-c3cccs3)cc(C(F)F)c12. The summed E-state index contributed by atoms with van der Waals surface area (Å²) >= 11 is 1.41. The first-order valence-corrected chi connectivity index (χ1v) is 8.41. The second-order valence-electron chi connectivity index (χ2n) is 5.52. The van der Waals surface area contributed by atoms with Gasteiger partial charge in [-0.25, -0.2) is 22.8 Å². The first-order chi connectivity index (χ1) is 12.1. The maximum absolute atomic E-state index is 14.2. The number of aryl methyl sites for hydroxylation is 1. The Morgan fingerprint density at radius 2 is 1.92 bits per heavy atom. The fourth-order valence-corrected chi connectivity index (χ4v) is 3.52. The van der Waals surface area contributed by atoms with Crippen LogP contribution in [0, 0.1) is 12.7 Å². The zero-order valence-electron chi connectivity index (χ0n) is 13.1. The number of hydrogen-bond donors (Lipinski definition) is 0. The maximum Gasteiger partial charge on any atom is 0.264 e. The third-order valence-corrected chi connectivity index (χ3v) is 4.83. The Labute approximate surface area is 145 Å². The number of para-hydroxylation sites is 1. The molecule has 0 spiro atoms. The van der Waals surface area contributed by atoms with Gasteiger partial charge in [0, 0.05) is 5.56 Å². The summed E-state index contributed by atoms with van der Waals surface area (Å²) in [7, 11) is 0. The van der Waals surface area contributed by atoms with Gasteiger partial charge in [0.05, 0.1) is 21.7 Å². The monoisotopic (exact) mass is 359 g/mol. The van der Waals surface area contributed by atoms with Crippen molar-refractivity contribution in [3.63, 3.8) is 0 Å². The van der Waals surface area contributed by atoms with Crippen LogP contribution in [-0.2, 0) is 0 Å². The number of thiophene rings is 1. The number of alkyl halides is 2. The van der Waals surface area contributed by atoms with Gasteiger partial charge in [0.2, 0.25) is 0 Å². The van der Waals surface area contributed by atoms with Crippen LogP contribution >= 0.6 is 11.3 Å². The van der Waals surface area contributed by atoms with Crippen molar-refractivity contribution in [2.75, 3.05) is 0 Å². The molecule has 0 aliphatic heterocycles. The Balaban J connectivity index is 2.08. The molecule has 0 saturated carbocycles. The van der Waals surface area contributed by atoms with Crippen molar-refractivity contribution in [1.29, 1.82) is 0 Å². The summed E-state index contributed by atoms with van der Waals surface area (Å²) < 4.78 is 42.8. The van der Waals surface area contributed by atoms with Crippen LogP contribution in [0.15, 0.2) is 47.8 Å². The summed E-state index contributed by atoms with van der Waals surface area (Å²) in [5, 5.41) is 6.38. The molecule has 4 rings (SSSR count). The minimum Gasteiger partial charge on any atom is -0.227 e. The van der Waals surface area contributed by atoms with Gasteiger partial charge in [-0.1, -0.05) is 18.2 Å². The van der Waals surface area contributed by atoms with Gasteiger partial charge in [-0.3, -0.25) is 0 Å². The van der Waals surface area contributed by atoms with E-state index in [0.29, 0.717) is 11.4 Å². The molecule has 0 amide bonds. The van der Waals surface area contributed by atoms with E-state index < -0.39 is 12.2 Å². The summed E-state index contributed by atoms with van der Waals surface area (Å²) in [6, 6.07) is 11.1. The van der Waals surface area contributed by atoms with Crippen molar-refractivity contribution in [2.24, 2.45) is 0 Å². The molecule has 1 aromatic carbocycles. The van der Waals surface area contributed by atoms with Gasteiger partial charge in [-0.15, -0.1) is 11.3 Å². The minimum atomic E-state index is -2.68. The molecule has 0 N–H and O–H groups in total. The molecule has 0 atom stereocenters. The van der Waals surface area contributed by atoms with Crippen molar-refractivity contribution >= 4 is 22.4 Å². The minimum absolute atomic E-state index is 0.145. The van der Waals surface area contributed by atoms with Gasteiger partial charge in [0.1, 0.15) is 11.5 Å². The lowest BCUT2D eigenvalue weighted by atomic mass is 10.1. The summed E-state index contributed by atoms with van der Waals surface area (Å²) in [5.41, 5.74) is 1.07. The summed E-state index contributed by atoms with van der Waals surface area (Å²) in [4.78, 5) is 5.28. The zero-order valence-corrected chi connectivity index (χ0v) is 13.9. The summed E-state index contributed by atoms with van der Waals surface area (Å²) in [6.45, 7) is 1.62. The zero-order chi connectivity index (χ0) is 17.6. The molecule has 0 fully saturated rings. The number of pyridine rings is 1. The summed E-state index contributed by atoms with van der Waals surface area (Å²) in [5.74, 6) is -0.492. The molecule has 0 aliphatic rings. The van der Waals surface area contributed by atoms with E-state index in [1.807, 2.05) is 17.5 Å². The molecule has 0 saturated heterocycles. The number of benzene rings is 1. The smallest absolute Gasteiger partial charge is 0.227 e. The molecule has 0 aliphatic carbocycles. The van der Waals surface area contributed by atoms with Gasteiger partial charge >= 0.3 is 0 Å². The number of hydrogen-bond acceptors (Lipinski definition) is 3. The van der Waals surface area contributed by atoms with Gasteiger partial charge in [-0.05, 0) is 36.6 Å². The highest BCUT2D eigenvalue weighted by atomic mass is 32.1. The standard InChI is InChI=1S/C18H12F3N3S/c1-10-16-11(17(20)21)9-13(15-7-4-8-25-15)22-18(16)24(23-10)14-6-3-2-5-12(14)19/h2-9,17H,1H3. The van der Waals surface area contributed by atoms with E-state index in [1.165, 1.54) is 28.2 Å². The molecule has 0 bridgehead atoms. The second-order valence-corrected chi connectivity index (χ2v) is 6.47. The predicted molar refractivity (Wildman–Crippen MR) is 91.8 cm³/mol. The third kappa shape index (κ3) is 2.60. The maximum atomic E-state index is 14.2. The topological polar surface area (TPSA) is 30.7 Å². The Morgan fingerprint density at radius 1 is 1.12 bits per heavy atom. The van der Waals surface area contributed by atoms with Gasteiger partial charge < -0.3 is 0 Å². The van der Waals surface area contributed by atoms with Crippen LogP contribution in [0.5, 0.6) is 0 Å². The number of halogens is 3. The fraction of sp³-hybridized carbons (Fsp3) is 0.111. The van der Waals surface area contributed by atoms with Gasteiger partial charge in [0.15, 0.2) is 5.65 Å². The van der Waals surface area contributed by atoms with Crippen LogP contribution in [0.4, 0.5) is 13.2 Å². The normalized spacial score (nSPS) is 11.6. The van der Waals surface area contributed by atoms with Gasteiger partial charge in [0.25, 0.3) is 6.43 Å². The quantitative estimate of drug-likeness (QED) is 0.481. The highest BCUT2D eigenvalue weighted by Gasteiger charge is 2.22. The fourth-order valence-electron chi connectivity index (χ4n) is 2.84. The molecular formula is C18H12F3N3S. The van der Waals surface area contributed by atoms with Gasteiger partial charge in [-0.2, -0.15) is 5.10 Å². The molecule has 4 aromatic rings. The van der Waals surface area contributed by atoms with E-state index in [2.05, 4.69) is 10.1 Å². The van der Waals surface area contributed by atoms with Crippen molar-refractivity contribution < 1.29 is 13.2 Å². The molecule has 3 aromatic heterocycles. The van der Waals surface area contributed by atoms with Crippen molar-refractivity contribution in [3.8, 4) is 16.3 Å². The number of nitrogens with zero attached hydrogens (tertiary/aromatic N) is 3. The van der Waals surface area contributed by atoms with Crippen LogP contribution in [0.25, 0.3) is 27.3 Å². The summed E-state index contributed by atoms with van der Waals surface area (Å²) in [6.07, 6.45) is -2.68. The van der Waals surface area contributed by atoms with E-state index in [0.717, 1.165) is 4.88 Å². The van der Waals surface area contributed by atoms with Crippen LogP contribution in [0.2, 0.25) is 0 Å². The molecular weight excluding hydrogens is 347 g/mol. The molecule has 0 unspecified atom stereocenters. The van der Waals surface area contributed by atoms with Crippen molar-refractivity contribution in [3.05, 3.63) is 64.9 Å². The highest BCUT2D eigenvalue weighted by Crippen LogP contribution is 2.35. The molecule has 25 heavy (non-hydrogen) atoms. The van der Waals surface area contributed by atoms with Crippen LogP contribution < -0.4 is 0 Å². The van der Waals surface area contributed by atoms with Crippen molar-refractivity contribution in [1.82, 2.24) is 14.8 Å². The van der Waals surface area contributed by atoms with Crippen LogP contribution in [0.1, 0.15) is 17.7 Å². The number of fused-ring (bicyclic) bond motifs is 1. The van der Waals surface area contributed by atoms with E-state index in [4.69, 9.17) is 0 Å². The van der Waals surface area contributed by atoms with E-state index in [9.17, 15) is 13.2 Å². The Kier molecular flexibility index (Phi) is 3.80. The lowest BCUT2D eigenvalue weighted by Crippen LogP contribution is -2.01. The Bertz CT molecular complexity index is 1060. The molecule has 3 heterocycles. The average molecular weight is 359 g/mol. The van der Waals surface area contributed by atoms with Crippen molar-refractivity contribution in [2.45, 2.75) is 13.3 Å². The molecule has 7 heteroatoms. The number of rotatable bonds is 3. The largest absolute Gasteiger partial charge is 0.264 e. The second kappa shape index (κ2) is 6.00. The Hall–Kier alpha value is -2.67. The van der Waals surface area contributed by atoms with E-state index in [-0.39, 0.29) is 22.3 Å². The highest BCUT2D eigenvalue weighted by molar-refractivity contribution is 7.13. The average Bonchev–Trinajstić information content (AvgIpc) is 3.23. The predicted octanol–water partition coefficient (Wildman–Crippen LogP) is 5.53. The first-order valence-electron chi connectivity index (χ1n) is 7.53. The lowest BCUT2D eigenvalue weighted by molar-refractivity contribution is 0.153. The van der Waals surface area contributed by atoms with Crippen LogP contribution in [-0.4, -0.2) is 14.8 Å². The Morgan fingerprint density at radius 3 is 2.60 bits per heavy atom. The molecule has 126 valence electrons. The molecule has 3 nitrogen and oxygen atoms in total. The first kappa shape index (κ1) is 15.8. The van der Waals surface area contributed by atoms with E-state index in [1.54, 1.807) is 25.1 Å². The number of aromatic nitrogens is 3. The third-order valence-electron chi connectivity index (χ3n) is 3.93. The molecule has 0 radical (unpaired) electrons. The van der Waals surface area contributed by atoms with Crippen LogP contribution in [0.3, 0.4) is 0 Å². The van der Waals surface area contributed by atoms with E-state index >= 15 is 0 Å². The lowest BCUT2D eigenvalue weighted by Gasteiger charge is -2.08.